The number of benzene rings is 2. The molecule has 1 aliphatic rings. The third kappa shape index (κ3) is 4.15. The number of piperazine rings is 1. The number of H-pyrrole nitrogens is 1. The minimum absolute atomic E-state index is 0.0164. The van der Waals surface area contributed by atoms with Crippen molar-refractivity contribution in [3.63, 3.8) is 0 Å². The largest absolute Gasteiger partial charge is 0.462 e. The Morgan fingerprint density at radius 2 is 1.76 bits per heavy atom. The van der Waals surface area contributed by atoms with Crippen LogP contribution in [0.25, 0.3) is 21.8 Å². The third-order valence-corrected chi connectivity index (χ3v) is 6.50. The first-order valence-electron chi connectivity index (χ1n) is 11.7. The van der Waals surface area contributed by atoms with Gasteiger partial charge in [-0.15, -0.1) is 0 Å². The second kappa shape index (κ2) is 9.27. The Labute approximate surface area is 198 Å². The lowest BCUT2D eigenvalue weighted by Gasteiger charge is -2.34. The fraction of sp³-hybridized carbons (Fsp3) is 0.296. The summed E-state index contributed by atoms with van der Waals surface area (Å²) in [6, 6.07) is 17.7. The molecule has 0 unspecified atom stereocenters. The monoisotopic (exact) mass is 456 g/mol. The second-order valence-corrected chi connectivity index (χ2v) is 8.63. The summed E-state index contributed by atoms with van der Waals surface area (Å²) in [5.41, 5.74) is 4.63. The minimum Gasteiger partial charge on any atom is -0.462 e. The van der Waals surface area contributed by atoms with Crippen LogP contribution >= 0.6 is 0 Å². The van der Waals surface area contributed by atoms with E-state index in [0.717, 1.165) is 33.1 Å². The number of hydrogen-bond donors (Lipinski definition) is 1. The van der Waals surface area contributed by atoms with Crippen molar-refractivity contribution >= 4 is 33.7 Å². The van der Waals surface area contributed by atoms with Crippen molar-refractivity contribution in [2.24, 2.45) is 0 Å². The van der Waals surface area contributed by atoms with Crippen molar-refractivity contribution in [2.75, 3.05) is 32.8 Å². The van der Waals surface area contributed by atoms with Gasteiger partial charge in [0.25, 0.3) is 5.91 Å². The normalized spacial score (nSPS) is 14.6. The molecule has 1 aliphatic heterocycles. The fourth-order valence-electron chi connectivity index (χ4n) is 4.71. The molecule has 0 spiro atoms. The van der Waals surface area contributed by atoms with Crippen LogP contribution in [0.15, 0.2) is 54.6 Å². The van der Waals surface area contributed by atoms with Crippen molar-refractivity contribution in [1.82, 2.24) is 19.8 Å². The number of amides is 1. The molecule has 1 amide bonds. The van der Waals surface area contributed by atoms with E-state index >= 15 is 0 Å². The first-order valence-corrected chi connectivity index (χ1v) is 11.7. The van der Waals surface area contributed by atoms with Crippen molar-refractivity contribution in [1.29, 1.82) is 0 Å². The number of carbonyl (C=O) groups excluding carboxylic acids is 2. The molecule has 2 aromatic carbocycles. The third-order valence-electron chi connectivity index (χ3n) is 6.50. The average molecular weight is 457 g/mol. The zero-order chi connectivity index (χ0) is 23.7. The molecule has 174 valence electrons. The highest BCUT2D eigenvalue weighted by Gasteiger charge is 2.26. The maximum Gasteiger partial charge on any atom is 0.340 e. The summed E-state index contributed by atoms with van der Waals surface area (Å²) in [5.74, 6) is -0.316. The van der Waals surface area contributed by atoms with Crippen LogP contribution in [0.4, 0.5) is 0 Å². The smallest absolute Gasteiger partial charge is 0.340 e. The highest BCUT2D eigenvalue weighted by atomic mass is 16.5. The van der Waals surface area contributed by atoms with Gasteiger partial charge < -0.3 is 14.6 Å². The van der Waals surface area contributed by atoms with Gasteiger partial charge in [0.2, 0.25) is 0 Å². The highest BCUT2D eigenvalue weighted by Crippen LogP contribution is 2.25. The second-order valence-electron chi connectivity index (χ2n) is 8.63. The Hall–Kier alpha value is -3.71. The molecule has 1 N–H and O–H groups in total. The summed E-state index contributed by atoms with van der Waals surface area (Å²) >= 11 is 0. The van der Waals surface area contributed by atoms with E-state index in [2.05, 4.69) is 9.88 Å². The number of aromatic amines is 1. The Morgan fingerprint density at radius 3 is 2.53 bits per heavy atom. The van der Waals surface area contributed by atoms with Gasteiger partial charge >= 0.3 is 5.97 Å². The van der Waals surface area contributed by atoms with Gasteiger partial charge in [-0.2, -0.15) is 0 Å². The molecule has 0 saturated carbocycles. The Bertz CT molecular complexity index is 1340. The van der Waals surface area contributed by atoms with E-state index in [-0.39, 0.29) is 11.9 Å². The molecule has 0 bridgehead atoms. The van der Waals surface area contributed by atoms with Crippen LogP contribution in [0, 0.1) is 6.92 Å². The molecule has 5 rings (SSSR count). The lowest BCUT2D eigenvalue weighted by molar-refractivity contribution is 0.0521. The van der Waals surface area contributed by atoms with E-state index in [1.54, 1.807) is 0 Å². The minimum atomic E-state index is -0.333. The van der Waals surface area contributed by atoms with Gasteiger partial charge in [-0.25, -0.2) is 4.79 Å². The van der Waals surface area contributed by atoms with Crippen molar-refractivity contribution < 1.29 is 14.3 Å². The van der Waals surface area contributed by atoms with Crippen LogP contribution in [0.2, 0.25) is 0 Å². The summed E-state index contributed by atoms with van der Waals surface area (Å²) < 4.78 is 5.36. The topological polar surface area (TPSA) is 78.5 Å². The zero-order valence-electron chi connectivity index (χ0n) is 19.5. The number of pyridine rings is 1. The molecular formula is C27H28N4O3. The molecule has 2 aromatic heterocycles. The summed E-state index contributed by atoms with van der Waals surface area (Å²) in [7, 11) is 0. The van der Waals surface area contributed by atoms with Crippen LogP contribution in [-0.2, 0) is 11.3 Å². The average Bonchev–Trinajstić information content (AvgIpc) is 3.29. The predicted octanol–water partition coefficient (Wildman–Crippen LogP) is 4.16. The Morgan fingerprint density at radius 1 is 1.03 bits per heavy atom. The van der Waals surface area contributed by atoms with E-state index in [9.17, 15) is 9.59 Å². The van der Waals surface area contributed by atoms with E-state index in [1.165, 1.54) is 0 Å². The number of hydrogen-bond acceptors (Lipinski definition) is 5. The van der Waals surface area contributed by atoms with Crippen LogP contribution in [0.5, 0.6) is 0 Å². The molecule has 34 heavy (non-hydrogen) atoms. The van der Waals surface area contributed by atoms with Crippen molar-refractivity contribution in [3.8, 4) is 0 Å². The Kier molecular flexibility index (Phi) is 6.02. The van der Waals surface area contributed by atoms with Crippen LogP contribution in [0.1, 0.15) is 39.0 Å². The van der Waals surface area contributed by atoms with Gasteiger partial charge in [0.1, 0.15) is 5.69 Å². The number of para-hydroxylation sites is 2. The fourth-order valence-corrected chi connectivity index (χ4v) is 4.71. The molecule has 4 aromatic rings. The first kappa shape index (κ1) is 22.1. The number of fused-ring (bicyclic) bond motifs is 2. The molecule has 7 nitrogen and oxygen atoms in total. The van der Waals surface area contributed by atoms with E-state index in [4.69, 9.17) is 9.72 Å². The van der Waals surface area contributed by atoms with Gasteiger partial charge in [0, 0.05) is 49.0 Å². The number of aromatic nitrogens is 2. The van der Waals surface area contributed by atoms with E-state index < -0.39 is 0 Å². The predicted molar refractivity (Wildman–Crippen MR) is 132 cm³/mol. The van der Waals surface area contributed by atoms with Gasteiger partial charge in [-0.3, -0.25) is 14.7 Å². The van der Waals surface area contributed by atoms with Crippen molar-refractivity contribution in [3.05, 3.63) is 77.1 Å². The molecule has 3 heterocycles. The summed E-state index contributed by atoms with van der Waals surface area (Å²) in [4.78, 5) is 38.0. The number of nitrogens with one attached hydrogen (secondary N) is 1. The number of esters is 1. The number of rotatable bonds is 5. The molecule has 1 fully saturated rings. The number of nitrogens with zero attached hydrogens (tertiary/aromatic N) is 3. The number of ether oxygens (including phenoxy) is 1. The molecule has 0 radical (unpaired) electrons. The molecule has 1 saturated heterocycles. The molecular weight excluding hydrogens is 428 g/mol. The molecule has 7 heteroatoms. The maximum atomic E-state index is 13.0. The van der Waals surface area contributed by atoms with Gasteiger partial charge in [-0.1, -0.05) is 36.4 Å². The van der Waals surface area contributed by atoms with E-state index in [0.29, 0.717) is 50.6 Å². The first-order chi connectivity index (χ1) is 16.5. The summed E-state index contributed by atoms with van der Waals surface area (Å²) in [6.45, 7) is 7.28. The zero-order valence-corrected chi connectivity index (χ0v) is 19.5. The molecule has 0 aliphatic carbocycles. The number of carbonyl (C=O) groups is 2. The van der Waals surface area contributed by atoms with Crippen LogP contribution in [0.3, 0.4) is 0 Å². The van der Waals surface area contributed by atoms with Crippen molar-refractivity contribution in [2.45, 2.75) is 20.4 Å². The van der Waals surface area contributed by atoms with E-state index in [1.807, 2.05) is 73.3 Å². The number of aryl methyl sites for hydroxylation is 1. The quantitative estimate of drug-likeness (QED) is 0.456. The maximum absolute atomic E-state index is 13.0. The lowest BCUT2D eigenvalue weighted by atomic mass is 10.0. The van der Waals surface area contributed by atoms with Gasteiger partial charge in [-0.05, 0) is 37.6 Å². The van der Waals surface area contributed by atoms with Gasteiger partial charge in [0.05, 0.1) is 23.4 Å². The summed E-state index contributed by atoms with van der Waals surface area (Å²) in [5, 5.41) is 2.00. The molecule has 0 atom stereocenters. The Balaban J connectivity index is 1.33. The summed E-state index contributed by atoms with van der Waals surface area (Å²) in [6.07, 6.45) is 0. The van der Waals surface area contributed by atoms with Crippen LogP contribution < -0.4 is 0 Å². The van der Waals surface area contributed by atoms with Gasteiger partial charge in [0.15, 0.2) is 0 Å². The SMILES string of the molecule is CCOC(=O)c1c(CN2CCN(C(=O)c3cc4ccccc4[nH]3)CC2)nc2ccccc2c1C. The standard InChI is InChI=1S/C27H28N4O3/c1-3-34-27(33)25-18(2)20-9-5-7-11-22(20)29-24(25)17-30-12-14-31(15-13-30)26(32)23-16-19-8-4-6-10-21(19)28-23/h4-11,16,28H,3,12-15,17H2,1-2H3. The lowest BCUT2D eigenvalue weighted by Crippen LogP contribution is -2.48. The highest BCUT2D eigenvalue weighted by molar-refractivity contribution is 5.99. The van der Waals surface area contributed by atoms with Crippen LogP contribution in [-0.4, -0.2) is 64.4 Å².